The number of nitrogens with zero attached hydrogens (tertiary/aromatic N) is 2. The van der Waals surface area contributed by atoms with Crippen LogP contribution in [0.1, 0.15) is 24.3 Å². The van der Waals surface area contributed by atoms with E-state index in [0.29, 0.717) is 5.92 Å². The van der Waals surface area contributed by atoms with Crippen molar-refractivity contribution < 1.29 is 4.39 Å². The Bertz CT molecular complexity index is 267. The van der Waals surface area contributed by atoms with Crippen LogP contribution in [-0.2, 0) is 0 Å². The summed E-state index contributed by atoms with van der Waals surface area (Å²) >= 11 is 0. The number of aromatic nitrogens is 2. The van der Waals surface area contributed by atoms with Gasteiger partial charge < -0.3 is 5.32 Å². The molecule has 0 unspecified atom stereocenters. The summed E-state index contributed by atoms with van der Waals surface area (Å²) in [6, 6.07) is 0. The van der Waals surface area contributed by atoms with E-state index in [-0.39, 0.29) is 0 Å². The molecule has 0 amide bonds. The van der Waals surface area contributed by atoms with Crippen molar-refractivity contribution in [1.82, 2.24) is 15.3 Å². The zero-order valence-corrected chi connectivity index (χ0v) is 7.33. The lowest BCUT2D eigenvalue weighted by atomic mass is 9.92. The minimum atomic E-state index is -0.641. The molecule has 0 atom stereocenters. The van der Waals surface area contributed by atoms with E-state index in [1.165, 1.54) is 0 Å². The first-order chi connectivity index (χ1) is 6.36. The Kier molecular flexibility index (Phi) is 2.49. The molecule has 0 saturated carbocycles. The molecule has 1 saturated heterocycles. The van der Waals surface area contributed by atoms with Gasteiger partial charge in [-0.3, -0.25) is 0 Å². The second-order valence-electron chi connectivity index (χ2n) is 3.31. The van der Waals surface area contributed by atoms with Crippen molar-refractivity contribution in [2.75, 3.05) is 13.1 Å². The summed E-state index contributed by atoms with van der Waals surface area (Å²) < 4.78 is 12.4. The summed E-state index contributed by atoms with van der Waals surface area (Å²) in [6.07, 6.45) is 4.73. The van der Waals surface area contributed by atoms with Crippen LogP contribution in [-0.4, -0.2) is 23.1 Å². The normalized spacial score (nSPS) is 18.8. The van der Waals surface area contributed by atoms with E-state index in [0.717, 1.165) is 31.5 Å². The van der Waals surface area contributed by atoms with Gasteiger partial charge in [0.25, 0.3) is 0 Å². The topological polar surface area (TPSA) is 37.8 Å². The third-order valence-corrected chi connectivity index (χ3v) is 2.45. The van der Waals surface area contributed by atoms with Crippen molar-refractivity contribution in [3.8, 4) is 0 Å². The first kappa shape index (κ1) is 8.56. The van der Waals surface area contributed by atoms with Crippen LogP contribution in [0.2, 0.25) is 0 Å². The van der Waals surface area contributed by atoms with E-state index >= 15 is 0 Å². The SMILES string of the molecule is Fc1ncc(C2CCNCC2)cn1. The van der Waals surface area contributed by atoms with Gasteiger partial charge in [0.1, 0.15) is 0 Å². The summed E-state index contributed by atoms with van der Waals surface area (Å²) in [5.74, 6) is 0.502. The molecule has 0 aliphatic carbocycles. The van der Waals surface area contributed by atoms with E-state index < -0.39 is 6.08 Å². The molecule has 0 spiro atoms. The van der Waals surface area contributed by atoms with E-state index in [1.54, 1.807) is 12.4 Å². The van der Waals surface area contributed by atoms with Crippen molar-refractivity contribution in [3.05, 3.63) is 24.0 Å². The van der Waals surface area contributed by atoms with Crippen molar-refractivity contribution in [3.63, 3.8) is 0 Å². The largest absolute Gasteiger partial charge is 0.317 e. The second-order valence-corrected chi connectivity index (χ2v) is 3.31. The third-order valence-electron chi connectivity index (χ3n) is 2.45. The maximum atomic E-state index is 12.4. The van der Waals surface area contributed by atoms with Crippen LogP contribution in [0.25, 0.3) is 0 Å². The molecule has 0 bridgehead atoms. The quantitative estimate of drug-likeness (QED) is 0.659. The average Bonchev–Trinajstić information content (AvgIpc) is 2.20. The fourth-order valence-electron chi connectivity index (χ4n) is 1.69. The molecular formula is C9H12FN3. The molecule has 1 aliphatic rings. The lowest BCUT2D eigenvalue weighted by Gasteiger charge is -2.21. The monoisotopic (exact) mass is 181 g/mol. The van der Waals surface area contributed by atoms with Crippen LogP contribution in [0.4, 0.5) is 4.39 Å². The summed E-state index contributed by atoms with van der Waals surface area (Å²) in [5, 5.41) is 3.28. The molecule has 13 heavy (non-hydrogen) atoms. The van der Waals surface area contributed by atoms with Gasteiger partial charge in [-0.05, 0) is 37.4 Å². The molecule has 0 radical (unpaired) electrons. The number of halogens is 1. The second kappa shape index (κ2) is 3.79. The van der Waals surface area contributed by atoms with Gasteiger partial charge in [0.05, 0.1) is 0 Å². The average molecular weight is 181 g/mol. The molecular weight excluding hydrogens is 169 g/mol. The summed E-state index contributed by atoms with van der Waals surface area (Å²) in [5.41, 5.74) is 1.06. The van der Waals surface area contributed by atoms with Gasteiger partial charge in [0.2, 0.25) is 0 Å². The van der Waals surface area contributed by atoms with Gasteiger partial charge in [-0.2, -0.15) is 4.39 Å². The minimum absolute atomic E-state index is 0.502. The zero-order chi connectivity index (χ0) is 9.10. The number of piperidine rings is 1. The fourth-order valence-corrected chi connectivity index (χ4v) is 1.69. The van der Waals surface area contributed by atoms with Crippen LogP contribution in [0.15, 0.2) is 12.4 Å². The van der Waals surface area contributed by atoms with Gasteiger partial charge in [-0.25, -0.2) is 9.97 Å². The predicted molar refractivity (Wildman–Crippen MR) is 46.8 cm³/mol. The van der Waals surface area contributed by atoms with Crippen LogP contribution >= 0.6 is 0 Å². The number of hydrogen-bond donors (Lipinski definition) is 1. The first-order valence-electron chi connectivity index (χ1n) is 4.54. The highest BCUT2D eigenvalue weighted by Gasteiger charge is 2.15. The summed E-state index contributed by atoms with van der Waals surface area (Å²) in [4.78, 5) is 7.11. The van der Waals surface area contributed by atoms with E-state index in [4.69, 9.17) is 0 Å². The first-order valence-corrected chi connectivity index (χ1v) is 4.54. The van der Waals surface area contributed by atoms with Crippen molar-refractivity contribution in [2.24, 2.45) is 0 Å². The maximum Gasteiger partial charge on any atom is 0.308 e. The van der Waals surface area contributed by atoms with Gasteiger partial charge in [0, 0.05) is 12.4 Å². The van der Waals surface area contributed by atoms with E-state index in [9.17, 15) is 4.39 Å². The maximum absolute atomic E-state index is 12.4. The minimum Gasteiger partial charge on any atom is -0.317 e. The highest BCUT2D eigenvalue weighted by molar-refractivity contribution is 5.11. The van der Waals surface area contributed by atoms with E-state index in [2.05, 4.69) is 15.3 Å². The molecule has 70 valence electrons. The molecule has 3 nitrogen and oxygen atoms in total. The Hall–Kier alpha value is -1.03. The van der Waals surface area contributed by atoms with Crippen molar-refractivity contribution in [2.45, 2.75) is 18.8 Å². The molecule has 1 aromatic heterocycles. The van der Waals surface area contributed by atoms with Gasteiger partial charge in [0.15, 0.2) is 0 Å². The Morgan fingerprint density at radius 1 is 1.23 bits per heavy atom. The molecule has 1 aromatic rings. The smallest absolute Gasteiger partial charge is 0.308 e. The van der Waals surface area contributed by atoms with Crippen molar-refractivity contribution >= 4 is 0 Å². The molecule has 4 heteroatoms. The zero-order valence-electron chi connectivity index (χ0n) is 7.33. The number of hydrogen-bond acceptors (Lipinski definition) is 3. The summed E-state index contributed by atoms with van der Waals surface area (Å²) in [7, 11) is 0. The highest BCUT2D eigenvalue weighted by atomic mass is 19.1. The Morgan fingerprint density at radius 2 is 1.85 bits per heavy atom. The van der Waals surface area contributed by atoms with Gasteiger partial charge in [-0.1, -0.05) is 0 Å². The molecule has 2 heterocycles. The Labute approximate surface area is 76.4 Å². The summed E-state index contributed by atoms with van der Waals surface area (Å²) in [6.45, 7) is 2.06. The number of rotatable bonds is 1. The fraction of sp³-hybridized carbons (Fsp3) is 0.556. The molecule has 0 aromatic carbocycles. The van der Waals surface area contributed by atoms with Crippen LogP contribution in [0.3, 0.4) is 0 Å². The Morgan fingerprint density at radius 3 is 2.46 bits per heavy atom. The standard InChI is InChI=1S/C9H12FN3/c10-9-12-5-8(6-13-9)7-1-3-11-4-2-7/h5-7,11H,1-4H2. The van der Waals surface area contributed by atoms with Crippen molar-refractivity contribution in [1.29, 1.82) is 0 Å². The predicted octanol–water partition coefficient (Wildman–Crippen LogP) is 1.08. The van der Waals surface area contributed by atoms with Crippen LogP contribution < -0.4 is 5.32 Å². The van der Waals surface area contributed by atoms with Gasteiger partial charge >= 0.3 is 6.08 Å². The van der Waals surface area contributed by atoms with E-state index in [1.807, 2.05) is 0 Å². The number of nitrogens with one attached hydrogen (secondary N) is 1. The molecule has 1 N–H and O–H groups in total. The molecule has 1 aliphatic heterocycles. The van der Waals surface area contributed by atoms with Crippen LogP contribution in [0, 0.1) is 6.08 Å². The molecule has 1 fully saturated rings. The molecule has 2 rings (SSSR count). The lowest BCUT2D eigenvalue weighted by Crippen LogP contribution is -2.26. The Balaban J connectivity index is 2.10. The van der Waals surface area contributed by atoms with Gasteiger partial charge in [-0.15, -0.1) is 0 Å². The third kappa shape index (κ3) is 2.01. The van der Waals surface area contributed by atoms with Crippen LogP contribution in [0.5, 0.6) is 0 Å². The highest BCUT2D eigenvalue weighted by Crippen LogP contribution is 2.23. The lowest BCUT2D eigenvalue weighted by molar-refractivity contribution is 0.454.